The zero-order chi connectivity index (χ0) is 18.5. The van der Waals surface area contributed by atoms with Crippen molar-refractivity contribution in [2.75, 3.05) is 13.2 Å². The minimum Gasteiger partial charge on any atom is -0.465 e. The van der Waals surface area contributed by atoms with Gasteiger partial charge in [-0.2, -0.15) is 5.10 Å². The summed E-state index contributed by atoms with van der Waals surface area (Å²) in [5, 5.41) is 9.42. The highest BCUT2D eigenvalue weighted by molar-refractivity contribution is 7.99. The van der Waals surface area contributed by atoms with Crippen LogP contribution in [0.1, 0.15) is 20.3 Å². The molecular formula is C18H23N3O4S. The van der Waals surface area contributed by atoms with E-state index in [2.05, 4.69) is 10.4 Å². The fourth-order valence-electron chi connectivity index (χ4n) is 3.08. The van der Waals surface area contributed by atoms with Crippen LogP contribution in [0.2, 0.25) is 0 Å². The van der Waals surface area contributed by atoms with Crippen LogP contribution in [0.25, 0.3) is 0 Å². The molecule has 3 rings (SSSR count). The fourth-order valence-corrected chi connectivity index (χ4v) is 4.29. The summed E-state index contributed by atoms with van der Waals surface area (Å²) in [5.74, 6) is -1.20. The van der Waals surface area contributed by atoms with Crippen LogP contribution in [-0.4, -0.2) is 54.0 Å². The van der Waals surface area contributed by atoms with Crippen molar-refractivity contribution in [2.45, 2.75) is 42.7 Å². The number of hydrogen-bond donors (Lipinski definition) is 1. The number of carbonyl (C=O) groups is 2. The van der Waals surface area contributed by atoms with Crippen molar-refractivity contribution < 1.29 is 19.1 Å². The van der Waals surface area contributed by atoms with Crippen LogP contribution in [0.5, 0.6) is 0 Å². The molecule has 0 saturated carbocycles. The van der Waals surface area contributed by atoms with Gasteiger partial charge in [0, 0.05) is 17.5 Å². The summed E-state index contributed by atoms with van der Waals surface area (Å²) >= 11 is 1.62. The average molecular weight is 377 g/mol. The third-order valence-electron chi connectivity index (χ3n) is 4.24. The summed E-state index contributed by atoms with van der Waals surface area (Å²) in [7, 11) is 0. The molecular weight excluding hydrogens is 354 g/mol. The number of benzene rings is 1. The number of nitrogens with one attached hydrogen (secondary N) is 1. The van der Waals surface area contributed by atoms with E-state index in [9.17, 15) is 9.59 Å². The summed E-state index contributed by atoms with van der Waals surface area (Å²) in [4.78, 5) is 25.7. The molecule has 1 fully saturated rings. The van der Waals surface area contributed by atoms with Gasteiger partial charge >= 0.3 is 11.9 Å². The largest absolute Gasteiger partial charge is 0.465 e. The smallest absolute Gasteiger partial charge is 0.323 e. The Morgan fingerprint density at radius 3 is 2.58 bits per heavy atom. The standard InChI is InChI=1S/C18H23N3O4S/c1-3-24-17(22)13-11-19-21-15(26-12-8-6-5-7-9-12)10-14(20-16(13)21)18(23)25-4-2/h5-9,11,13-16,20H,3-4,10H2,1-2H3. The van der Waals surface area contributed by atoms with Crippen molar-refractivity contribution in [1.82, 2.24) is 10.3 Å². The molecule has 0 aromatic heterocycles. The number of hydrazone groups is 1. The van der Waals surface area contributed by atoms with E-state index in [0.717, 1.165) is 4.90 Å². The zero-order valence-corrected chi connectivity index (χ0v) is 15.6. The lowest BCUT2D eigenvalue weighted by molar-refractivity contribution is -0.152. The first kappa shape index (κ1) is 18.7. The molecule has 0 amide bonds. The summed E-state index contributed by atoms with van der Waals surface area (Å²) in [6, 6.07) is 9.45. The van der Waals surface area contributed by atoms with E-state index in [4.69, 9.17) is 9.47 Å². The molecule has 1 saturated heterocycles. The van der Waals surface area contributed by atoms with E-state index < -0.39 is 18.1 Å². The first-order valence-corrected chi connectivity index (χ1v) is 9.65. The molecule has 2 aliphatic rings. The van der Waals surface area contributed by atoms with E-state index >= 15 is 0 Å². The minimum absolute atomic E-state index is 0.0891. The van der Waals surface area contributed by atoms with Crippen molar-refractivity contribution in [3.8, 4) is 0 Å². The van der Waals surface area contributed by atoms with Crippen molar-refractivity contribution in [3.63, 3.8) is 0 Å². The van der Waals surface area contributed by atoms with Crippen LogP contribution >= 0.6 is 11.8 Å². The number of hydrogen-bond acceptors (Lipinski definition) is 8. The minimum atomic E-state index is -0.550. The average Bonchev–Trinajstić information content (AvgIpc) is 3.07. The predicted molar refractivity (Wildman–Crippen MR) is 98.5 cm³/mol. The zero-order valence-electron chi connectivity index (χ0n) is 14.8. The molecule has 140 valence electrons. The molecule has 2 aliphatic heterocycles. The van der Waals surface area contributed by atoms with Crippen LogP contribution in [0.3, 0.4) is 0 Å². The molecule has 1 N–H and O–H groups in total. The van der Waals surface area contributed by atoms with Gasteiger partial charge in [-0.3, -0.25) is 19.9 Å². The Morgan fingerprint density at radius 2 is 1.88 bits per heavy atom. The first-order chi connectivity index (χ1) is 12.6. The SMILES string of the molecule is CCOC(=O)C1CC(Sc2ccccc2)N2N=CC(C(=O)OCC)C2N1. The van der Waals surface area contributed by atoms with Crippen LogP contribution in [0.4, 0.5) is 0 Å². The topological polar surface area (TPSA) is 80.2 Å². The van der Waals surface area contributed by atoms with Crippen LogP contribution in [0.15, 0.2) is 40.3 Å². The normalized spacial score (nSPS) is 27.1. The van der Waals surface area contributed by atoms with Crippen molar-refractivity contribution >= 4 is 29.9 Å². The van der Waals surface area contributed by atoms with Crippen LogP contribution in [-0.2, 0) is 19.1 Å². The molecule has 0 radical (unpaired) electrons. The number of rotatable bonds is 6. The molecule has 0 spiro atoms. The van der Waals surface area contributed by atoms with E-state index in [-0.39, 0.29) is 17.3 Å². The Kier molecular flexibility index (Phi) is 6.16. The second-order valence-corrected chi connectivity index (χ2v) is 7.21. The van der Waals surface area contributed by atoms with Gasteiger partial charge in [-0.15, -0.1) is 0 Å². The summed E-state index contributed by atoms with van der Waals surface area (Å²) < 4.78 is 10.3. The van der Waals surface area contributed by atoms with Crippen LogP contribution < -0.4 is 5.32 Å². The lowest BCUT2D eigenvalue weighted by atomic mass is 10.0. The summed E-state index contributed by atoms with van der Waals surface area (Å²) in [6.45, 7) is 4.17. The number of nitrogens with zero attached hydrogens (tertiary/aromatic N) is 2. The molecule has 0 bridgehead atoms. The molecule has 2 heterocycles. The number of ether oxygens (including phenoxy) is 2. The van der Waals surface area contributed by atoms with Gasteiger partial charge in [0.15, 0.2) is 0 Å². The van der Waals surface area contributed by atoms with Gasteiger partial charge in [-0.25, -0.2) is 0 Å². The Bertz CT molecular complexity index is 670. The maximum absolute atomic E-state index is 12.3. The van der Waals surface area contributed by atoms with Gasteiger partial charge in [0.2, 0.25) is 0 Å². The maximum atomic E-state index is 12.3. The quantitative estimate of drug-likeness (QED) is 0.758. The monoisotopic (exact) mass is 377 g/mol. The third kappa shape index (κ3) is 4.02. The van der Waals surface area contributed by atoms with E-state index in [1.54, 1.807) is 31.8 Å². The second-order valence-electron chi connectivity index (χ2n) is 5.96. The molecule has 4 atom stereocenters. The molecule has 1 aromatic rings. The Balaban J connectivity index is 1.80. The second kappa shape index (κ2) is 8.55. The Labute approximate surface area is 157 Å². The van der Waals surface area contributed by atoms with Crippen molar-refractivity contribution in [1.29, 1.82) is 0 Å². The summed E-state index contributed by atoms with van der Waals surface area (Å²) in [6.07, 6.45) is 1.71. The van der Waals surface area contributed by atoms with Crippen molar-refractivity contribution in [3.05, 3.63) is 30.3 Å². The number of carbonyl (C=O) groups excluding carboxylic acids is 2. The third-order valence-corrected chi connectivity index (χ3v) is 5.46. The summed E-state index contributed by atoms with van der Waals surface area (Å²) in [5.41, 5.74) is 0. The highest BCUT2D eigenvalue weighted by atomic mass is 32.2. The Hall–Kier alpha value is -2.06. The lowest BCUT2D eigenvalue weighted by Gasteiger charge is -2.41. The van der Waals surface area contributed by atoms with Gasteiger partial charge in [-0.05, 0) is 26.0 Å². The highest BCUT2D eigenvalue weighted by Gasteiger charge is 2.47. The number of esters is 2. The van der Waals surface area contributed by atoms with Gasteiger partial charge in [0.05, 0.1) is 13.2 Å². The number of thioether (sulfide) groups is 1. The molecule has 0 aliphatic carbocycles. The molecule has 1 aromatic carbocycles. The fraction of sp³-hybridized carbons (Fsp3) is 0.500. The van der Waals surface area contributed by atoms with Gasteiger partial charge in [-0.1, -0.05) is 30.0 Å². The predicted octanol–water partition coefficient (Wildman–Crippen LogP) is 1.84. The maximum Gasteiger partial charge on any atom is 0.323 e. The van der Waals surface area contributed by atoms with Gasteiger partial charge in [0.25, 0.3) is 0 Å². The number of fused-ring (bicyclic) bond motifs is 1. The molecule has 26 heavy (non-hydrogen) atoms. The van der Waals surface area contributed by atoms with Crippen LogP contribution in [0, 0.1) is 5.92 Å². The van der Waals surface area contributed by atoms with Crippen molar-refractivity contribution in [2.24, 2.45) is 11.0 Å². The van der Waals surface area contributed by atoms with E-state index in [1.165, 1.54) is 0 Å². The molecule has 8 heteroatoms. The van der Waals surface area contributed by atoms with Gasteiger partial charge < -0.3 is 9.47 Å². The van der Waals surface area contributed by atoms with E-state index in [0.29, 0.717) is 19.6 Å². The van der Waals surface area contributed by atoms with Gasteiger partial charge in [0.1, 0.15) is 23.5 Å². The lowest BCUT2D eigenvalue weighted by Crippen LogP contribution is -2.61. The Morgan fingerprint density at radius 1 is 1.19 bits per heavy atom. The van der Waals surface area contributed by atoms with E-state index in [1.807, 2.05) is 35.3 Å². The first-order valence-electron chi connectivity index (χ1n) is 8.77. The molecule has 4 unspecified atom stereocenters. The molecule has 7 nitrogen and oxygen atoms in total. The highest BCUT2D eigenvalue weighted by Crippen LogP contribution is 2.36.